The Morgan fingerprint density at radius 2 is 2.64 bits per heavy atom. The Morgan fingerprint density at radius 1 is 1.71 bits per heavy atom. The first-order valence-electron chi connectivity index (χ1n) is 3.95. The van der Waals surface area contributed by atoms with E-state index in [0.717, 1.165) is 15.6 Å². The molecule has 5 nitrogen and oxygen atoms in total. The van der Waals surface area contributed by atoms with Crippen LogP contribution in [-0.4, -0.2) is 21.7 Å². The van der Waals surface area contributed by atoms with Crippen LogP contribution in [0.4, 0.5) is 0 Å². The monoisotopic (exact) mass is 225 g/mol. The van der Waals surface area contributed by atoms with Crippen LogP contribution in [-0.2, 0) is 0 Å². The van der Waals surface area contributed by atoms with Crippen LogP contribution in [0.2, 0.25) is 0 Å². The molecule has 0 amide bonds. The molecule has 0 atom stereocenters. The molecule has 0 aromatic carbocycles. The Labute approximate surface area is 88.4 Å². The van der Waals surface area contributed by atoms with Gasteiger partial charge in [-0.25, -0.2) is 4.98 Å². The van der Waals surface area contributed by atoms with Crippen molar-refractivity contribution in [1.29, 1.82) is 0 Å². The average Bonchev–Trinajstić information content (AvgIpc) is 2.75. The van der Waals surface area contributed by atoms with E-state index >= 15 is 0 Å². The van der Waals surface area contributed by atoms with Crippen molar-refractivity contribution < 1.29 is 0 Å². The van der Waals surface area contributed by atoms with Gasteiger partial charge in [0.1, 0.15) is 16.2 Å². The molecule has 0 aliphatic heterocycles. The Morgan fingerprint density at radius 3 is 3.50 bits per heavy atom. The molecule has 2 heterocycles. The smallest absolute Gasteiger partial charge is 0.133 e. The number of azide groups is 1. The summed E-state index contributed by atoms with van der Waals surface area (Å²) >= 11 is 3.28. The minimum Gasteiger partial charge on any atom is -0.296 e. The van der Waals surface area contributed by atoms with Gasteiger partial charge in [-0.05, 0) is 5.53 Å². The maximum Gasteiger partial charge on any atom is 0.133 e. The maximum absolute atomic E-state index is 8.09. The highest BCUT2D eigenvalue weighted by molar-refractivity contribution is 7.99. The highest BCUT2D eigenvalue weighted by Gasteiger charge is 2.04. The lowest BCUT2D eigenvalue weighted by Gasteiger charge is -1.91. The minimum absolute atomic E-state index is 0.506. The molecule has 2 rings (SSSR count). The second-order valence-corrected chi connectivity index (χ2v) is 4.45. The lowest BCUT2D eigenvalue weighted by atomic mass is 10.8. The van der Waals surface area contributed by atoms with E-state index < -0.39 is 0 Å². The van der Waals surface area contributed by atoms with Crippen LogP contribution in [0, 0.1) is 0 Å². The summed E-state index contributed by atoms with van der Waals surface area (Å²) in [6.45, 7) is 0.506. The second kappa shape index (κ2) is 4.36. The quantitative estimate of drug-likeness (QED) is 0.264. The van der Waals surface area contributed by atoms with Gasteiger partial charge in [0.25, 0.3) is 0 Å². The van der Waals surface area contributed by atoms with Gasteiger partial charge in [-0.1, -0.05) is 5.11 Å². The van der Waals surface area contributed by atoms with Gasteiger partial charge < -0.3 is 0 Å². The van der Waals surface area contributed by atoms with Gasteiger partial charge in [0, 0.05) is 28.8 Å². The Balaban J connectivity index is 2.04. The topological polar surface area (TPSA) is 66.1 Å². The molecule has 72 valence electrons. The number of thiazole rings is 1. The second-order valence-electron chi connectivity index (χ2n) is 2.47. The van der Waals surface area contributed by atoms with Crippen LogP contribution in [0.25, 0.3) is 15.3 Å². The number of nitrogens with zero attached hydrogens (tertiary/aromatic N) is 5. The van der Waals surface area contributed by atoms with Crippen molar-refractivity contribution >= 4 is 27.9 Å². The third kappa shape index (κ3) is 1.84. The zero-order valence-corrected chi connectivity index (χ0v) is 8.83. The fraction of sp³-hybridized carbons (Fsp3) is 0.286. The average molecular weight is 225 g/mol. The van der Waals surface area contributed by atoms with Crippen molar-refractivity contribution in [2.24, 2.45) is 5.11 Å². The van der Waals surface area contributed by atoms with E-state index in [2.05, 4.69) is 15.0 Å². The van der Waals surface area contributed by atoms with E-state index in [0.29, 0.717) is 6.54 Å². The number of imidazole rings is 1. The largest absolute Gasteiger partial charge is 0.296 e. The predicted molar refractivity (Wildman–Crippen MR) is 57.8 cm³/mol. The van der Waals surface area contributed by atoms with E-state index in [9.17, 15) is 0 Å². The van der Waals surface area contributed by atoms with Crippen molar-refractivity contribution in [3.05, 3.63) is 28.3 Å². The van der Waals surface area contributed by atoms with Gasteiger partial charge in [0.05, 0.1) is 0 Å². The van der Waals surface area contributed by atoms with E-state index in [1.165, 1.54) is 0 Å². The molecule has 0 unspecified atom stereocenters. The minimum atomic E-state index is 0.506. The van der Waals surface area contributed by atoms with Gasteiger partial charge in [-0.15, -0.1) is 23.1 Å². The van der Waals surface area contributed by atoms with Crippen LogP contribution in [0.15, 0.2) is 28.0 Å². The van der Waals surface area contributed by atoms with E-state index in [4.69, 9.17) is 5.53 Å². The molecule has 0 radical (unpaired) electrons. The highest BCUT2D eigenvalue weighted by atomic mass is 32.2. The van der Waals surface area contributed by atoms with Crippen LogP contribution < -0.4 is 0 Å². The van der Waals surface area contributed by atoms with Crippen LogP contribution >= 0.6 is 23.1 Å². The van der Waals surface area contributed by atoms with Crippen LogP contribution in [0.3, 0.4) is 0 Å². The van der Waals surface area contributed by atoms with E-state index in [1.807, 2.05) is 16.0 Å². The highest BCUT2D eigenvalue weighted by Crippen LogP contribution is 2.25. The first-order valence-corrected chi connectivity index (χ1v) is 5.82. The van der Waals surface area contributed by atoms with Crippen molar-refractivity contribution in [2.75, 3.05) is 12.3 Å². The number of thioether (sulfide) groups is 1. The molecule has 0 spiro atoms. The number of rotatable bonds is 4. The lowest BCUT2D eigenvalue weighted by Crippen LogP contribution is -1.82. The standard InChI is InChI=1S/C7H7N5S2/c8-11-10-1-3-13-6-7-12(5-9-6)2-4-14-7/h2,4-5H,1,3H2. The SMILES string of the molecule is [N-]=[N+]=NCCSc1ncn2ccsc12. The van der Waals surface area contributed by atoms with Crippen molar-refractivity contribution in [3.8, 4) is 0 Å². The molecular formula is C7H7N5S2. The summed E-state index contributed by atoms with van der Waals surface area (Å²) in [6.07, 6.45) is 3.77. The van der Waals surface area contributed by atoms with Crippen LogP contribution in [0.1, 0.15) is 0 Å². The Kier molecular flexibility index (Phi) is 2.93. The van der Waals surface area contributed by atoms with Gasteiger partial charge in [-0.3, -0.25) is 4.40 Å². The number of hydrogen-bond donors (Lipinski definition) is 0. The summed E-state index contributed by atoms with van der Waals surface area (Å²) < 4.78 is 1.99. The van der Waals surface area contributed by atoms with Crippen molar-refractivity contribution in [1.82, 2.24) is 9.38 Å². The molecule has 7 heteroatoms. The van der Waals surface area contributed by atoms with Crippen molar-refractivity contribution in [2.45, 2.75) is 5.03 Å². The molecule has 14 heavy (non-hydrogen) atoms. The first kappa shape index (κ1) is 9.39. The van der Waals surface area contributed by atoms with Crippen molar-refractivity contribution in [3.63, 3.8) is 0 Å². The van der Waals surface area contributed by atoms with Gasteiger partial charge in [0.2, 0.25) is 0 Å². The fourth-order valence-corrected chi connectivity index (χ4v) is 2.78. The van der Waals surface area contributed by atoms with E-state index in [-0.39, 0.29) is 0 Å². The molecule has 0 aliphatic rings. The van der Waals surface area contributed by atoms with Crippen LogP contribution in [0.5, 0.6) is 0 Å². The number of fused-ring (bicyclic) bond motifs is 1. The number of aromatic nitrogens is 2. The summed E-state index contributed by atoms with van der Waals surface area (Å²) in [5.41, 5.74) is 8.09. The molecule has 0 bridgehead atoms. The molecule has 2 aromatic heterocycles. The summed E-state index contributed by atoms with van der Waals surface area (Å²) in [7, 11) is 0. The summed E-state index contributed by atoms with van der Waals surface area (Å²) in [5, 5.41) is 6.50. The Hall–Kier alpha value is -1.17. The molecule has 2 aromatic rings. The molecule has 0 saturated heterocycles. The first-order chi connectivity index (χ1) is 6.92. The zero-order valence-electron chi connectivity index (χ0n) is 7.20. The summed E-state index contributed by atoms with van der Waals surface area (Å²) in [5.74, 6) is 0.772. The molecule has 0 N–H and O–H groups in total. The van der Waals surface area contributed by atoms with Gasteiger partial charge in [0.15, 0.2) is 0 Å². The molecular weight excluding hydrogens is 218 g/mol. The maximum atomic E-state index is 8.09. The van der Waals surface area contributed by atoms with Gasteiger partial charge in [-0.2, -0.15) is 0 Å². The molecule has 0 aliphatic carbocycles. The summed E-state index contributed by atoms with van der Waals surface area (Å²) in [6, 6.07) is 0. The predicted octanol–water partition coefficient (Wildman–Crippen LogP) is 2.80. The zero-order chi connectivity index (χ0) is 9.80. The normalized spacial score (nSPS) is 10.3. The molecule has 0 fully saturated rings. The third-order valence-electron chi connectivity index (χ3n) is 1.61. The van der Waals surface area contributed by atoms with Gasteiger partial charge >= 0.3 is 0 Å². The van der Waals surface area contributed by atoms with E-state index in [1.54, 1.807) is 29.4 Å². The molecule has 0 saturated carbocycles. The lowest BCUT2D eigenvalue weighted by molar-refractivity contribution is 1.11. The summed E-state index contributed by atoms with van der Waals surface area (Å²) in [4.78, 5) is 8.10. The fourth-order valence-electron chi connectivity index (χ4n) is 1.04. The number of hydrogen-bond acceptors (Lipinski definition) is 4. The Bertz CT molecular complexity index is 467. The third-order valence-corrected chi connectivity index (χ3v) is 3.58.